The van der Waals surface area contributed by atoms with E-state index in [0.717, 1.165) is 0 Å². The zero-order valence-corrected chi connectivity index (χ0v) is 12.9. The summed E-state index contributed by atoms with van der Waals surface area (Å²) in [5.74, 6) is 0.166. The lowest BCUT2D eigenvalue weighted by atomic mass is 10.3. The average molecular weight is 297 g/mol. The molecule has 0 saturated heterocycles. The number of ether oxygens (including phenoxy) is 2. The highest BCUT2D eigenvalue weighted by molar-refractivity contribution is 7.90. The third-order valence-corrected chi connectivity index (χ3v) is 3.27. The maximum Gasteiger partial charge on any atom is 0.147 e. The second-order valence-corrected chi connectivity index (χ2v) is 7.10. The van der Waals surface area contributed by atoms with E-state index in [1.165, 1.54) is 6.26 Å². The van der Waals surface area contributed by atoms with Gasteiger partial charge in [-0.3, -0.25) is 0 Å². The molecule has 7 heteroatoms. The van der Waals surface area contributed by atoms with E-state index in [1.807, 2.05) is 13.8 Å². The highest BCUT2D eigenvalue weighted by Gasteiger charge is 2.05. The van der Waals surface area contributed by atoms with Crippen LogP contribution in [0.2, 0.25) is 0 Å². The van der Waals surface area contributed by atoms with Crippen LogP contribution in [0.15, 0.2) is 0 Å². The van der Waals surface area contributed by atoms with Gasteiger partial charge in [-0.05, 0) is 26.8 Å². The Labute approximate surface area is 116 Å². The van der Waals surface area contributed by atoms with Crippen molar-refractivity contribution in [2.75, 3.05) is 44.9 Å². The first-order valence-electron chi connectivity index (χ1n) is 6.57. The lowest BCUT2D eigenvalue weighted by molar-refractivity contribution is -0.00990. The largest absolute Gasteiger partial charge is 0.389 e. The lowest BCUT2D eigenvalue weighted by Crippen LogP contribution is -2.32. The summed E-state index contributed by atoms with van der Waals surface area (Å²) in [6.45, 7) is 6.11. The first-order chi connectivity index (χ1) is 8.81. The van der Waals surface area contributed by atoms with Crippen molar-refractivity contribution >= 4 is 9.84 Å². The molecular formula is C12H27NO5S. The number of rotatable bonds is 12. The van der Waals surface area contributed by atoms with Gasteiger partial charge in [0.05, 0.1) is 37.8 Å². The van der Waals surface area contributed by atoms with Crippen molar-refractivity contribution < 1.29 is 23.0 Å². The molecule has 0 fully saturated rings. The van der Waals surface area contributed by atoms with Crippen molar-refractivity contribution in [1.29, 1.82) is 0 Å². The van der Waals surface area contributed by atoms with Crippen LogP contribution < -0.4 is 5.32 Å². The standard InChI is InChI=1S/C12H27NO5S/c1-11(2)18-7-6-17-10-12(14)9-13-5-4-8-19(3,15)16/h11-14H,4-10H2,1-3H3. The molecule has 1 unspecified atom stereocenters. The van der Waals surface area contributed by atoms with Crippen LogP contribution in [0.3, 0.4) is 0 Å². The molecule has 0 aliphatic rings. The topological polar surface area (TPSA) is 84.9 Å². The van der Waals surface area contributed by atoms with Crippen LogP contribution >= 0.6 is 0 Å². The van der Waals surface area contributed by atoms with Gasteiger partial charge < -0.3 is 19.9 Å². The molecule has 116 valence electrons. The molecule has 0 radical (unpaired) electrons. The molecule has 1 atom stereocenters. The Morgan fingerprint density at radius 3 is 2.53 bits per heavy atom. The third kappa shape index (κ3) is 15.7. The van der Waals surface area contributed by atoms with Gasteiger partial charge in [0.1, 0.15) is 9.84 Å². The Balaban J connectivity index is 3.32. The molecule has 0 aliphatic carbocycles. The van der Waals surface area contributed by atoms with Crippen molar-refractivity contribution in [2.24, 2.45) is 0 Å². The molecule has 0 heterocycles. The minimum atomic E-state index is -2.89. The number of hydrogen-bond donors (Lipinski definition) is 2. The summed E-state index contributed by atoms with van der Waals surface area (Å²) in [5.41, 5.74) is 0. The predicted octanol–water partition coefficient (Wildman–Crippen LogP) is -0.187. The molecule has 0 spiro atoms. The van der Waals surface area contributed by atoms with Crippen LogP contribution in [-0.2, 0) is 19.3 Å². The van der Waals surface area contributed by atoms with E-state index >= 15 is 0 Å². The van der Waals surface area contributed by atoms with E-state index in [-0.39, 0.29) is 18.5 Å². The first-order valence-corrected chi connectivity index (χ1v) is 8.63. The number of nitrogens with one attached hydrogen (secondary N) is 1. The van der Waals surface area contributed by atoms with Gasteiger partial charge in [-0.15, -0.1) is 0 Å². The summed E-state index contributed by atoms with van der Waals surface area (Å²) in [7, 11) is -2.89. The second-order valence-electron chi connectivity index (χ2n) is 4.84. The van der Waals surface area contributed by atoms with Crippen molar-refractivity contribution in [3.05, 3.63) is 0 Å². The van der Waals surface area contributed by atoms with Crippen molar-refractivity contribution in [2.45, 2.75) is 32.5 Å². The van der Waals surface area contributed by atoms with E-state index < -0.39 is 15.9 Å². The Bertz CT molecular complexity index is 305. The summed E-state index contributed by atoms with van der Waals surface area (Å²) >= 11 is 0. The normalized spacial score (nSPS) is 13.9. The fraction of sp³-hybridized carbons (Fsp3) is 1.00. The van der Waals surface area contributed by atoms with Gasteiger partial charge in [0.2, 0.25) is 0 Å². The fourth-order valence-corrected chi connectivity index (χ4v) is 2.02. The summed E-state index contributed by atoms with van der Waals surface area (Å²) in [6, 6.07) is 0. The highest BCUT2D eigenvalue weighted by atomic mass is 32.2. The number of sulfone groups is 1. The molecule has 0 aromatic heterocycles. The molecule has 0 aliphatic heterocycles. The SMILES string of the molecule is CC(C)OCCOCC(O)CNCCCS(C)(=O)=O. The number of aliphatic hydroxyl groups excluding tert-OH is 1. The van der Waals surface area contributed by atoms with Crippen LogP contribution in [0.5, 0.6) is 0 Å². The van der Waals surface area contributed by atoms with Crippen LogP contribution in [0.4, 0.5) is 0 Å². The summed E-state index contributed by atoms with van der Waals surface area (Å²) in [4.78, 5) is 0. The van der Waals surface area contributed by atoms with Gasteiger partial charge in [0, 0.05) is 12.8 Å². The van der Waals surface area contributed by atoms with Crippen molar-refractivity contribution in [3.8, 4) is 0 Å². The number of hydrogen-bond acceptors (Lipinski definition) is 6. The lowest BCUT2D eigenvalue weighted by Gasteiger charge is -2.13. The fourth-order valence-electron chi connectivity index (χ4n) is 1.35. The van der Waals surface area contributed by atoms with Crippen molar-refractivity contribution in [3.63, 3.8) is 0 Å². The molecule has 0 rings (SSSR count). The summed E-state index contributed by atoms with van der Waals surface area (Å²) in [5, 5.41) is 12.6. The van der Waals surface area contributed by atoms with Gasteiger partial charge in [-0.25, -0.2) is 8.42 Å². The monoisotopic (exact) mass is 297 g/mol. The van der Waals surface area contributed by atoms with E-state index in [2.05, 4.69) is 5.32 Å². The van der Waals surface area contributed by atoms with E-state index in [1.54, 1.807) is 0 Å². The van der Waals surface area contributed by atoms with Gasteiger partial charge in [0.15, 0.2) is 0 Å². The van der Waals surface area contributed by atoms with Crippen molar-refractivity contribution in [1.82, 2.24) is 5.32 Å². The maximum atomic E-state index is 10.9. The van der Waals surface area contributed by atoms with Crippen LogP contribution in [0, 0.1) is 0 Å². The van der Waals surface area contributed by atoms with Crippen LogP contribution in [0.25, 0.3) is 0 Å². The minimum Gasteiger partial charge on any atom is -0.389 e. The van der Waals surface area contributed by atoms with E-state index in [9.17, 15) is 13.5 Å². The van der Waals surface area contributed by atoms with Crippen LogP contribution in [-0.4, -0.2) is 70.7 Å². The Morgan fingerprint density at radius 1 is 1.26 bits per heavy atom. The molecule has 0 aromatic carbocycles. The minimum absolute atomic E-state index is 0.166. The highest BCUT2D eigenvalue weighted by Crippen LogP contribution is 1.90. The zero-order valence-electron chi connectivity index (χ0n) is 12.1. The van der Waals surface area contributed by atoms with Gasteiger partial charge in [0.25, 0.3) is 0 Å². The quantitative estimate of drug-likeness (QED) is 0.486. The summed E-state index contributed by atoms with van der Waals surface area (Å²) in [6.07, 6.45) is 1.37. The Morgan fingerprint density at radius 2 is 1.95 bits per heavy atom. The predicted molar refractivity (Wildman–Crippen MR) is 75.1 cm³/mol. The molecule has 0 amide bonds. The molecule has 0 aromatic rings. The molecule has 6 nitrogen and oxygen atoms in total. The molecule has 19 heavy (non-hydrogen) atoms. The van der Waals surface area contributed by atoms with E-state index in [4.69, 9.17) is 9.47 Å². The first kappa shape index (κ1) is 18.8. The summed E-state index contributed by atoms with van der Waals surface area (Å²) < 4.78 is 32.3. The number of aliphatic hydroxyl groups is 1. The van der Waals surface area contributed by atoms with Gasteiger partial charge in [-0.1, -0.05) is 0 Å². The molecule has 0 saturated carbocycles. The Hall–Kier alpha value is -0.210. The molecule has 2 N–H and O–H groups in total. The molecule has 0 bridgehead atoms. The van der Waals surface area contributed by atoms with Crippen LogP contribution in [0.1, 0.15) is 20.3 Å². The maximum absolute atomic E-state index is 10.9. The zero-order chi connectivity index (χ0) is 14.7. The van der Waals surface area contributed by atoms with Gasteiger partial charge >= 0.3 is 0 Å². The third-order valence-electron chi connectivity index (χ3n) is 2.24. The smallest absolute Gasteiger partial charge is 0.147 e. The molecular weight excluding hydrogens is 270 g/mol. The van der Waals surface area contributed by atoms with Gasteiger partial charge in [-0.2, -0.15) is 0 Å². The Kier molecular flexibility index (Phi) is 10.4. The van der Waals surface area contributed by atoms with E-state index in [0.29, 0.717) is 32.7 Å². The average Bonchev–Trinajstić information content (AvgIpc) is 2.26. The second kappa shape index (κ2) is 10.6.